The molecule has 0 aliphatic carbocycles. The molecule has 0 spiro atoms. The highest BCUT2D eigenvalue weighted by Gasteiger charge is 2.25. The standard InChI is InChI=1S/C22H24N4O4/c1-15(27)23-19-7-3-5-17(13-19)21(29)25-9-11-26(12-10-25)22(30)18-6-4-8-20(14-18)24-16(2)28/h3-8,13-14H,9-12H2,1-2H3,(H,23,27)(H,24,28). The van der Waals surface area contributed by atoms with Crippen LogP contribution >= 0.6 is 0 Å². The Balaban J connectivity index is 1.62. The summed E-state index contributed by atoms with van der Waals surface area (Å²) in [5, 5.41) is 5.34. The van der Waals surface area contributed by atoms with Gasteiger partial charge in [0.1, 0.15) is 0 Å². The van der Waals surface area contributed by atoms with E-state index in [1.807, 2.05) is 0 Å². The molecule has 0 atom stereocenters. The van der Waals surface area contributed by atoms with Crippen molar-refractivity contribution in [1.29, 1.82) is 0 Å². The largest absolute Gasteiger partial charge is 0.335 e. The van der Waals surface area contributed by atoms with Crippen LogP contribution in [0.5, 0.6) is 0 Å². The molecule has 0 aromatic heterocycles. The van der Waals surface area contributed by atoms with Crippen LogP contribution in [0.2, 0.25) is 0 Å². The minimum atomic E-state index is -0.200. The number of nitrogens with one attached hydrogen (secondary N) is 2. The van der Waals surface area contributed by atoms with Crippen molar-refractivity contribution in [3.8, 4) is 0 Å². The van der Waals surface area contributed by atoms with Crippen molar-refractivity contribution in [2.75, 3.05) is 36.8 Å². The normalized spacial score (nSPS) is 13.5. The zero-order chi connectivity index (χ0) is 21.7. The minimum Gasteiger partial charge on any atom is -0.335 e. The summed E-state index contributed by atoms with van der Waals surface area (Å²) >= 11 is 0. The Hall–Kier alpha value is -3.68. The lowest BCUT2D eigenvalue weighted by Gasteiger charge is -2.35. The summed E-state index contributed by atoms with van der Waals surface area (Å²) in [5.41, 5.74) is 2.12. The van der Waals surface area contributed by atoms with Gasteiger partial charge in [0.15, 0.2) is 0 Å². The first-order valence-electron chi connectivity index (χ1n) is 9.67. The van der Waals surface area contributed by atoms with Gasteiger partial charge in [-0.05, 0) is 36.4 Å². The first-order chi connectivity index (χ1) is 14.3. The maximum absolute atomic E-state index is 12.8. The maximum atomic E-state index is 12.8. The summed E-state index contributed by atoms with van der Waals surface area (Å²) in [4.78, 5) is 51.4. The van der Waals surface area contributed by atoms with E-state index in [1.54, 1.807) is 58.3 Å². The molecule has 156 valence electrons. The molecular formula is C22H24N4O4. The van der Waals surface area contributed by atoms with Crippen LogP contribution in [-0.2, 0) is 9.59 Å². The zero-order valence-electron chi connectivity index (χ0n) is 17.0. The Bertz CT molecular complexity index is 901. The number of benzene rings is 2. The van der Waals surface area contributed by atoms with Gasteiger partial charge in [0.2, 0.25) is 11.8 Å². The third kappa shape index (κ3) is 5.22. The van der Waals surface area contributed by atoms with Crippen molar-refractivity contribution >= 4 is 35.0 Å². The molecule has 1 heterocycles. The van der Waals surface area contributed by atoms with E-state index >= 15 is 0 Å². The molecule has 8 nitrogen and oxygen atoms in total. The highest BCUT2D eigenvalue weighted by atomic mass is 16.2. The third-order valence-corrected chi connectivity index (χ3v) is 4.71. The molecule has 1 fully saturated rings. The molecule has 2 N–H and O–H groups in total. The van der Waals surface area contributed by atoms with E-state index < -0.39 is 0 Å². The quantitative estimate of drug-likeness (QED) is 0.810. The average molecular weight is 408 g/mol. The summed E-state index contributed by atoms with van der Waals surface area (Å²) in [5.74, 6) is -0.674. The van der Waals surface area contributed by atoms with Gasteiger partial charge >= 0.3 is 0 Å². The smallest absolute Gasteiger partial charge is 0.254 e. The molecule has 8 heteroatoms. The molecular weight excluding hydrogens is 384 g/mol. The van der Waals surface area contributed by atoms with Crippen LogP contribution < -0.4 is 10.6 Å². The first kappa shape index (κ1) is 21.0. The van der Waals surface area contributed by atoms with Crippen LogP contribution in [0.3, 0.4) is 0 Å². The summed E-state index contributed by atoms with van der Waals surface area (Å²) in [6.45, 7) is 4.49. The number of rotatable bonds is 4. The van der Waals surface area contributed by atoms with Gasteiger partial charge in [-0.3, -0.25) is 19.2 Å². The molecule has 3 rings (SSSR count). The number of hydrogen-bond acceptors (Lipinski definition) is 4. The van der Waals surface area contributed by atoms with E-state index in [0.717, 1.165) is 0 Å². The molecule has 0 saturated carbocycles. The molecule has 2 aromatic rings. The molecule has 30 heavy (non-hydrogen) atoms. The lowest BCUT2D eigenvalue weighted by molar-refractivity contribution is -0.115. The number of amides is 4. The van der Waals surface area contributed by atoms with Gasteiger partial charge in [-0.25, -0.2) is 0 Å². The molecule has 0 bridgehead atoms. The molecule has 2 aromatic carbocycles. The number of hydrogen-bond donors (Lipinski definition) is 2. The predicted molar refractivity (Wildman–Crippen MR) is 113 cm³/mol. The Morgan fingerprint density at radius 1 is 0.667 bits per heavy atom. The van der Waals surface area contributed by atoms with Crippen molar-refractivity contribution in [1.82, 2.24) is 9.80 Å². The number of nitrogens with zero attached hydrogens (tertiary/aromatic N) is 2. The average Bonchev–Trinajstić information content (AvgIpc) is 2.72. The summed E-state index contributed by atoms with van der Waals surface area (Å²) in [6.07, 6.45) is 0. The van der Waals surface area contributed by atoms with Gasteiger partial charge in [0.25, 0.3) is 11.8 Å². The van der Waals surface area contributed by atoms with Crippen LogP contribution in [0.4, 0.5) is 11.4 Å². The molecule has 4 amide bonds. The third-order valence-electron chi connectivity index (χ3n) is 4.71. The highest BCUT2D eigenvalue weighted by Crippen LogP contribution is 2.17. The van der Waals surface area contributed by atoms with Crippen molar-refractivity contribution in [2.45, 2.75) is 13.8 Å². The highest BCUT2D eigenvalue weighted by molar-refractivity contribution is 5.98. The number of carbonyl (C=O) groups excluding carboxylic acids is 4. The Kier molecular flexibility index (Phi) is 6.46. The van der Waals surface area contributed by atoms with Crippen LogP contribution in [0.25, 0.3) is 0 Å². The second kappa shape index (κ2) is 9.21. The number of carbonyl (C=O) groups is 4. The lowest BCUT2D eigenvalue weighted by atomic mass is 10.1. The molecule has 0 unspecified atom stereocenters. The Morgan fingerprint density at radius 3 is 1.37 bits per heavy atom. The second-order valence-corrected chi connectivity index (χ2v) is 7.11. The van der Waals surface area contributed by atoms with E-state index in [-0.39, 0.29) is 23.6 Å². The van der Waals surface area contributed by atoms with Crippen LogP contribution in [0.1, 0.15) is 34.6 Å². The zero-order valence-corrected chi connectivity index (χ0v) is 17.0. The summed E-state index contributed by atoms with van der Waals surface area (Å²) < 4.78 is 0. The van der Waals surface area contributed by atoms with Gasteiger partial charge in [-0.2, -0.15) is 0 Å². The maximum Gasteiger partial charge on any atom is 0.254 e. The van der Waals surface area contributed by atoms with E-state index in [0.29, 0.717) is 48.7 Å². The van der Waals surface area contributed by atoms with Crippen LogP contribution in [0, 0.1) is 0 Å². The van der Waals surface area contributed by atoms with Crippen LogP contribution in [0.15, 0.2) is 48.5 Å². The van der Waals surface area contributed by atoms with E-state index in [2.05, 4.69) is 10.6 Å². The number of anilines is 2. The van der Waals surface area contributed by atoms with Gasteiger partial charge in [-0.1, -0.05) is 12.1 Å². The lowest BCUT2D eigenvalue weighted by Crippen LogP contribution is -2.50. The minimum absolute atomic E-state index is 0.137. The van der Waals surface area contributed by atoms with Gasteiger partial charge in [0.05, 0.1) is 0 Å². The molecule has 0 radical (unpaired) electrons. The van der Waals surface area contributed by atoms with E-state index in [9.17, 15) is 19.2 Å². The molecule has 1 aliphatic heterocycles. The van der Waals surface area contributed by atoms with Crippen molar-refractivity contribution < 1.29 is 19.2 Å². The van der Waals surface area contributed by atoms with Crippen molar-refractivity contribution in [2.24, 2.45) is 0 Å². The fourth-order valence-electron chi connectivity index (χ4n) is 3.34. The predicted octanol–water partition coefficient (Wildman–Crippen LogP) is 2.20. The fraction of sp³-hybridized carbons (Fsp3) is 0.273. The van der Waals surface area contributed by atoms with Gasteiger partial charge in [0, 0.05) is 62.5 Å². The number of piperazine rings is 1. The summed E-state index contributed by atoms with van der Waals surface area (Å²) in [7, 11) is 0. The Labute approximate surface area is 174 Å². The van der Waals surface area contributed by atoms with Gasteiger partial charge < -0.3 is 20.4 Å². The Morgan fingerprint density at radius 2 is 1.03 bits per heavy atom. The van der Waals surface area contributed by atoms with E-state index in [4.69, 9.17) is 0 Å². The SMILES string of the molecule is CC(=O)Nc1cccc(C(=O)N2CCN(C(=O)c3cccc(NC(C)=O)c3)CC2)c1. The topological polar surface area (TPSA) is 98.8 Å². The second-order valence-electron chi connectivity index (χ2n) is 7.11. The summed E-state index contributed by atoms with van der Waals surface area (Å²) in [6, 6.07) is 13.6. The van der Waals surface area contributed by atoms with Gasteiger partial charge in [-0.15, -0.1) is 0 Å². The first-order valence-corrected chi connectivity index (χ1v) is 9.67. The van der Waals surface area contributed by atoms with E-state index in [1.165, 1.54) is 13.8 Å². The van der Waals surface area contributed by atoms with Crippen LogP contribution in [-0.4, -0.2) is 59.6 Å². The molecule has 1 aliphatic rings. The van der Waals surface area contributed by atoms with Crippen molar-refractivity contribution in [3.63, 3.8) is 0 Å². The molecule has 1 saturated heterocycles. The van der Waals surface area contributed by atoms with Crippen molar-refractivity contribution in [3.05, 3.63) is 59.7 Å². The monoisotopic (exact) mass is 408 g/mol. The fourth-order valence-corrected chi connectivity index (χ4v) is 3.34.